The molecule has 0 bridgehead atoms. The van der Waals surface area contributed by atoms with Crippen LogP contribution in [0.5, 0.6) is 0 Å². The maximum atomic E-state index is 13.1. The van der Waals surface area contributed by atoms with Crippen molar-refractivity contribution >= 4 is 46.7 Å². The minimum absolute atomic E-state index is 0.0800. The summed E-state index contributed by atoms with van der Waals surface area (Å²) >= 11 is 7.32. The van der Waals surface area contributed by atoms with E-state index < -0.39 is 5.25 Å². The summed E-state index contributed by atoms with van der Waals surface area (Å²) in [6.45, 7) is 0. The van der Waals surface area contributed by atoms with Gasteiger partial charge in [-0.25, -0.2) is 4.98 Å². The zero-order chi connectivity index (χ0) is 23.8. The Morgan fingerprint density at radius 1 is 0.824 bits per heavy atom. The Hall–Kier alpha value is -3.61. The molecule has 0 aliphatic carbocycles. The highest BCUT2D eigenvalue weighted by Gasteiger charge is 2.22. The molecule has 0 fully saturated rings. The second-order valence-electron chi connectivity index (χ2n) is 7.49. The highest BCUT2D eigenvalue weighted by molar-refractivity contribution is 8.00. The number of rotatable bonds is 8. The number of anilines is 2. The third-order valence-electron chi connectivity index (χ3n) is 4.92. The first-order valence-electron chi connectivity index (χ1n) is 10.6. The molecule has 0 radical (unpaired) electrons. The van der Waals surface area contributed by atoms with Crippen LogP contribution in [0.15, 0.2) is 108 Å². The third kappa shape index (κ3) is 6.70. The molecule has 1 atom stereocenters. The lowest BCUT2D eigenvalue weighted by atomic mass is 10.1. The summed E-state index contributed by atoms with van der Waals surface area (Å²) in [5.41, 5.74) is 2.54. The van der Waals surface area contributed by atoms with Gasteiger partial charge in [0.25, 0.3) is 0 Å². The Kier molecular flexibility index (Phi) is 7.96. The second-order valence-corrected chi connectivity index (χ2v) is 9.11. The summed E-state index contributed by atoms with van der Waals surface area (Å²) < 4.78 is 0. The first-order valence-corrected chi connectivity index (χ1v) is 11.9. The summed E-state index contributed by atoms with van der Waals surface area (Å²) in [4.78, 5) is 30.5. The van der Waals surface area contributed by atoms with Crippen LogP contribution in [0.4, 0.5) is 11.5 Å². The van der Waals surface area contributed by atoms with Crippen LogP contribution >= 0.6 is 23.4 Å². The van der Waals surface area contributed by atoms with E-state index in [-0.39, 0.29) is 11.8 Å². The highest BCUT2D eigenvalue weighted by Crippen LogP contribution is 2.36. The Morgan fingerprint density at radius 3 is 2.15 bits per heavy atom. The number of nitrogens with one attached hydrogen (secondary N) is 2. The Morgan fingerprint density at radius 2 is 1.50 bits per heavy atom. The van der Waals surface area contributed by atoms with E-state index >= 15 is 0 Å². The van der Waals surface area contributed by atoms with Crippen LogP contribution in [0, 0.1) is 0 Å². The minimum atomic E-state index is -0.489. The summed E-state index contributed by atoms with van der Waals surface area (Å²) in [5, 5.41) is 5.79. The molecule has 5 nitrogen and oxygen atoms in total. The van der Waals surface area contributed by atoms with Crippen LogP contribution in [0.25, 0.3) is 0 Å². The molecule has 170 valence electrons. The van der Waals surface area contributed by atoms with E-state index in [9.17, 15) is 9.59 Å². The fraction of sp³-hybridized carbons (Fsp3) is 0.0741. The fourth-order valence-corrected chi connectivity index (χ4v) is 4.42. The lowest BCUT2D eigenvalue weighted by molar-refractivity contribution is -0.116. The molecule has 0 aliphatic heterocycles. The average Bonchev–Trinajstić information content (AvgIpc) is 2.86. The van der Waals surface area contributed by atoms with Crippen LogP contribution in [-0.4, -0.2) is 16.8 Å². The number of halogens is 1. The highest BCUT2D eigenvalue weighted by atomic mass is 35.5. The first kappa shape index (κ1) is 23.5. The van der Waals surface area contributed by atoms with Crippen molar-refractivity contribution in [2.24, 2.45) is 0 Å². The van der Waals surface area contributed by atoms with E-state index in [1.165, 1.54) is 18.0 Å². The number of carbonyl (C=O) groups is 2. The van der Waals surface area contributed by atoms with Crippen molar-refractivity contribution in [3.8, 4) is 0 Å². The zero-order valence-corrected chi connectivity index (χ0v) is 19.7. The van der Waals surface area contributed by atoms with Crippen molar-refractivity contribution in [3.63, 3.8) is 0 Å². The number of benzene rings is 3. The molecule has 7 heteroatoms. The van der Waals surface area contributed by atoms with Crippen molar-refractivity contribution in [1.82, 2.24) is 4.98 Å². The molecule has 1 aromatic heterocycles. The zero-order valence-electron chi connectivity index (χ0n) is 18.1. The predicted molar refractivity (Wildman–Crippen MR) is 138 cm³/mol. The van der Waals surface area contributed by atoms with E-state index in [1.54, 1.807) is 12.1 Å². The van der Waals surface area contributed by atoms with Gasteiger partial charge in [0.15, 0.2) is 0 Å². The standard InChI is InChI=1S/C27H22ClN3O2S/c28-21-11-16-24(29-18-21)31-27(33)26(20-9-5-2-6-10-20)34-23-14-12-22(13-15-23)30-25(32)17-19-7-3-1-4-8-19/h1-16,18,26H,17H2,(H,30,32)(H,29,31,33). The Balaban J connectivity index is 1.44. The van der Waals surface area contributed by atoms with E-state index in [0.717, 1.165) is 16.0 Å². The molecule has 34 heavy (non-hydrogen) atoms. The first-order chi connectivity index (χ1) is 16.6. The van der Waals surface area contributed by atoms with Crippen molar-refractivity contribution in [2.45, 2.75) is 16.6 Å². The van der Waals surface area contributed by atoms with Crippen LogP contribution in [-0.2, 0) is 16.0 Å². The van der Waals surface area contributed by atoms with Gasteiger partial charge < -0.3 is 10.6 Å². The largest absolute Gasteiger partial charge is 0.326 e. The fourth-order valence-electron chi connectivity index (χ4n) is 3.28. The smallest absolute Gasteiger partial charge is 0.243 e. The van der Waals surface area contributed by atoms with Gasteiger partial charge in [0.1, 0.15) is 11.1 Å². The molecular weight excluding hydrogens is 466 g/mol. The van der Waals surface area contributed by atoms with Gasteiger partial charge in [0.05, 0.1) is 11.4 Å². The van der Waals surface area contributed by atoms with Crippen LogP contribution in [0.2, 0.25) is 5.02 Å². The van der Waals surface area contributed by atoms with Gasteiger partial charge in [0.2, 0.25) is 11.8 Å². The number of carbonyl (C=O) groups excluding carboxylic acids is 2. The quantitative estimate of drug-likeness (QED) is 0.282. The summed E-state index contributed by atoms with van der Waals surface area (Å²) in [5.74, 6) is 0.169. The number of pyridine rings is 1. The molecule has 0 saturated heterocycles. The summed E-state index contributed by atoms with van der Waals surface area (Å²) in [6.07, 6.45) is 1.80. The van der Waals surface area contributed by atoms with Gasteiger partial charge in [-0.05, 0) is 47.5 Å². The Bertz CT molecular complexity index is 1230. The number of thioether (sulfide) groups is 1. The van der Waals surface area contributed by atoms with E-state index in [2.05, 4.69) is 15.6 Å². The molecule has 0 aliphatic rings. The molecule has 4 rings (SSSR count). The molecule has 4 aromatic rings. The molecule has 0 spiro atoms. The monoisotopic (exact) mass is 487 g/mol. The normalized spacial score (nSPS) is 11.4. The second kappa shape index (κ2) is 11.5. The van der Waals surface area contributed by atoms with Crippen molar-refractivity contribution < 1.29 is 9.59 Å². The summed E-state index contributed by atoms with van der Waals surface area (Å²) in [7, 11) is 0. The molecule has 2 amide bonds. The SMILES string of the molecule is O=C(Cc1ccccc1)Nc1ccc(SC(C(=O)Nc2ccc(Cl)cn2)c2ccccc2)cc1. The van der Waals surface area contributed by atoms with Crippen molar-refractivity contribution in [2.75, 3.05) is 10.6 Å². The third-order valence-corrected chi connectivity index (χ3v) is 6.41. The number of hydrogen-bond acceptors (Lipinski definition) is 4. The van der Waals surface area contributed by atoms with E-state index in [0.29, 0.717) is 22.9 Å². The lowest BCUT2D eigenvalue weighted by Crippen LogP contribution is -2.19. The maximum absolute atomic E-state index is 13.1. The lowest BCUT2D eigenvalue weighted by Gasteiger charge is -2.17. The Labute approximate surface area is 207 Å². The minimum Gasteiger partial charge on any atom is -0.326 e. The number of amides is 2. The molecule has 2 N–H and O–H groups in total. The van der Waals surface area contributed by atoms with Crippen LogP contribution < -0.4 is 10.6 Å². The van der Waals surface area contributed by atoms with Crippen molar-refractivity contribution in [1.29, 1.82) is 0 Å². The van der Waals surface area contributed by atoms with Crippen LogP contribution in [0.1, 0.15) is 16.4 Å². The van der Waals surface area contributed by atoms with Gasteiger partial charge in [0, 0.05) is 16.8 Å². The van der Waals surface area contributed by atoms with Gasteiger partial charge in [-0.3, -0.25) is 9.59 Å². The van der Waals surface area contributed by atoms with Crippen molar-refractivity contribution in [3.05, 3.63) is 119 Å². The molecular formula is C27H22ClN3O2S. The predicted octanol–water partition coefficient (Wildman–Crippen LogP) is 6.39. The number of aromatic nitrogens is 1. The average molecular weight is 488 g/mol. The number of hydrogen-bond donors (Lipinski definition) is 2. The molecule has 1 unspecified atom stereocenters. The van der Waals surface area contributed by atoms with Crippen LogP contribution in [0.3, 0.4) is 0 Å². The van der Waals surface area contributed by atoms with Gasteiger partial charge in [-0.15, -0.1) is 11.8 Å². The topological polar surface area (TPSA) is 71.1 Å². The number of nitrogens with zero attached hydrogens (tertiary/aromatic N) is 1. The molecule has 0 saturated carbocycles. The van der Waals surface area contributed by atoms with Gasteiger partial charge in [-0.1, -0.05) is 72.3 Å². The summed E-state index contributed by atoms with van der Waals surface area (Å²) in [6, 6.07) is 30.0. The molecule has 3 aromatic carbocycles. The van der Waals surface area contributed by atoms with E-state index in [1.807, 2.05) is 84.9 Å². The van der Waals surface area contributed by atoms with Gasteiger partial charge in [-0.2, -0.15) is 0 Å². The van der Waals surface area contributed by atoms with E-state index in [4.69, 9.17) is 11.6 Å². The molecule has 1 heterocycles. The van der Waals surface area contributed by atoms with Gasteiger partial charge >= 0.3 is 0 Å². The maximum Gasteiger partial charge on any atom is 0.243 e.